The van der Waals surface area contributed by atoms with Crippen LogP contribution in [0.2, 0.25) is 0 Å². The van der Waals surface area contributed by atoms with Gasteiger partial charge in [-0.15, -0.1) is 0 Å². The Morgan fingerprint density at radius 1 is 0.652 bits per heavy atom. The first kappa shape index (κ1) is 39.8. The van der Waals surface area contributed by atoms with Gasteiger partial charge in [-0.1, -0.05) is 90.9 Å². The van der Waals surface area contributed by atoms with Crippen LogP contribution >= 0.6 is 0 Å². The van der Waals surface area contributed by atoms with Crippen molar-refractivity contribution in [3.63, 3.8) is 0 Å². The quantitative estimate of drug-likeness (QED) is 0.0892. The smallest absolute Gasteiger partial charge is 0.201 e. The van der Waals surface area contributed by atoms with Crippen molar-refractivity contribution in [1.82, 2.24) is 0 Å². The second-order valence-corrected chi connectivity index (χ2v) is 13.5. The number of quaternary nitrogens is 1. The lowest BCUT2D eigenvalue weighted by atomic mass is 9.82. The van der Waals surface area contributed by atoms with Crippen LogP contribution in [0.4, 0.5) is 0 Å². The van der Waals surface area contributed by atoms with Crippen LogP contribution in [0.1, 0.15) is 154 Å². The first-order valence-electron chi connectivity index (χ1n) is 17.9. The van der Waals surface area contributed by atoms with Gasteiger partial charge in [-0.3, -0.25) is 9.59 Å². The molecule has 7 heteroatoms. The van der Waals surface area contributed by atoms with Crippen LogP contribution in [-0.4, -0.2) is 61.6 Å². The van der Waals surface area contributed by atoms with E-state index in [1.54, 1.807) is 6.07 Å². The van der Waals surface area contributed by atoms with E-state index < -0.39 is 0 Å². The van der Waals surface area contributed by atoms with Gasteiger partial charge in [-0.25, -0.2) is 0 Å². The first-order chi connectivity index (χ1) is 21.7. The predicted molar refractivity (Wildman–Crippen MR) is 184 cm³/mol. The fraction of sp³-hybridized carbons (Fsp3) is 0.641. The van der Waals surface area contributed by atoms with Crippen molar-refractivity contribution in [3.05, 3.63) is 52.1 Å². The fourth-order valence-electron chi connectivity index (χ4n) is 6.65. The first-order valence-corrected chi connectivity index (χ1v) is 17.9. The lowest BCUT2D eigenvalue weighted by Crippen LogP contribution is -3.00. The topological polar surface area (TPSA) is 72.8 Å². The number of carbonyl (C=O) groups excluding carboxylic acids is 2. The van der Waals surface area contributed by atoms with E-state index in [4.69, 9.17) is 9.47 Å². The molecule has 1 N–H and O–H groups in total. The molecule has 46 heavy (non-hydrogen) atoms. The molecule has 258 valence electrons. The molecule has 0 heterocycles. The van der Waals surface area contributed by atoms with E-state index >= 15 is 0 Å². The van der Waals surface area contributed by atoms with Crippen LogP contribution in [0.5, 0.6) is 17.2 Å². The number of hydrogen-bond acceptors (Lipinski definition) is 5. The number of nitrogens with zero attached hydrogens (tertiary/aromatic N) is 1. The van der Waals surface area contributed by atoms with Gasteiger partial charge in [-0.2, -0.15) is 0 Å². The number of unbranched alkanes of at least 4 members (excludes halogenated alkanes) is 14. The highest BCUT2D eigenvalue weighted by atomic mass is 79.9. The fourth-order valence-corrected chi connectivity index (χ4v) is 6.65. The summed E-state index contributed by atoms with van der Waals surface area (Å²) < 4.78 is 12.6. The summed E-state index contributed by atoms with van der Waals surface area (Å²) in [6.45, 7) is 10.00. The van der Waals surface area contributed by atoms with Crippen LogP contribution in [0, 0.1) is 6.92 Å². The Kier molecular flexibility index (Phi) is 18.0. The van der Waals surface area contributed by atoms with Crippen LogP contribution in [-0.2, 0) is 0 Å². The molecule has 0 spiro atoms. The Morgan fingerprint density at radius 3 is 1.67 bits per heavy atom. The highest BCUT2D eigenvalue weighted by molar-refractivity contribution is 6.30. The van der Waals surface area contributed by atoms with Gasteiger partial charge in [0.25, 0.3) is 0 Å². The molecule has 2 aromatic carbocycles. The SMILES string of the molecule is CCCCCCCCCC[N+](C)(CCCCCCCCCC)CCOc1cc(C)cc2c1C(=O)c1c(O)cc(OC)cc1C2=O.[Br-]. The Morgan fingerprint density at radius 2 is 1.15 bits per heavy atom. The standard InChI is InChI=1S/C39H59NO5.BrH/c1-6-8-10-12-14-16-18-20-22-40(4,23-21-19-17-15-13-11-9-7-2)24-25-45-35-27-30(3)26-32-37(35)39(43)36-33(38(32)42)28-31(44-5)29-34(36)41;/h26-29H,6-25H2,1-5H3;1H. The summed E-state index contributed by atoms with van der Waals surface area (Å²) in [7, 11) is 3.82. The third-order valence-electron chi connectivity index (χ3n) is 9.51. The van der Waals surface area contributed by atoms with Crippen LogP contribution < -0.4 is 26.5 Å². The number of benzene rings is 2. The van der Waals surface area contributed by atoms with Crippen molar-refractivity contribution in [2.45, 2.75) is 124 Å². The number of ketones is 2. The normalized spacial score (nSPS) is 12.5. The molecule has 6 nitrogen and oxygen atoms in total. The summed E-state index contributed by atoms with van der Waals surface area (Å²) in [4.78, 5) is 27.2. The molecule has 0 saturated carbocycles. The number of rotatable bonds is 23. The van der Waals surface area contributed by atoms with E-state index in [1.807, 2.05) is 13.0 Å². The van der Waals surface area contributed by atoms with Crippen molar-refractivity contribution in [1.29, 1.82) is 0 Å². The maximum atomic E-state index is 13.7. The van der Waals surface area contributed by atoms with Crippen LogP contribution in [0.15, 0.2) is 24.3 Å². The second kappa shape index (κ2) is 20.8. The van der Waals surface area contributed by atoms with Crippen molar-refractivity contribution in [2.24, 2.45) is 0 Å². The molecule has 0 saturated heterocycles. The minimum atomic E-state index is -0.384. The van der Waals surface area contributed by atoms with E-state index in [9.17, 15) is 14.7 Å². The largest absolute Gasteiger partial charge is 1.00 e. The Labute approximate surface area is 289 Å². The van der Waals surface area contributed by atoms with Crippen LogP contribution in [0.3, 0.4) is 0 Å². The molecular weight excluding hydrogens is 642 g/mol. The molecule has 0 aliphatic heterocycles. The highest BCUT2D eigenvalue weighted by Gasteiger charge is 2.36. The number of ether oxygens (including phenoxy) is 2. The monoisotopic (exact) mass is 701 g/mol. The number of likely N-dealkylation sites (N-methyl/N-ethyl adjacent to an activating group) is 1. The third-order valence-corrected chi connectivity index (χ3v) is 9.51. The molecule has 3 rings (SSSR count). The van der Waals surface area contributed by atoms with Gasteiger partial charge in [-0.05, 0) is 56.4 Å². The van der Waals surface area contributed by atoms with Gasteiger partial charge in [0.15, 0.2) is 5.78 Å². The van der Waals surface area contributed by atoms with Crippen molar-refractivity contribution >= 4 is 11.6 Å². The van der Waals surface area contributed by atoms with Crippen molar-refractivity contribution in [2.75, 3.05) is 40.4 Å². The van der Waals surface area contributed by atoms with Gasteiger partial charge in [0, 0.05) is 17.2 Å². The van der Waals surface area contributed by atoms with Gasteiger partial charge in [0.1, 0.15) is 30.4 Å². The second-order valence-electron chi connectivity index (χ2n) is 13.5. The zero-order valence-electron chi connectivity index (χ0n) is 29.4. The number of aryl methyl sites for hydroxylation is 1. The minimum Gasteiger partial charge on any atom is -1.00 e. The zero-order chi connectivity index (χ0) is 32.7. The molecule has 0 atom stereocenters. The number of carbonyl (C=O) groups is 2. The molecule has 2 aromatic rings. The number of phenolic OH excluding ortho intramolecular Hbond substituents is 1. The lowest BCUT2D eigenvalue weighted by Gasteiger charge is -2.35. The molecule has 0 amide bonds. The Balaban J connectivity index is 0.00000736. The van der Waals surface area contributed by atoms with Gasteiger partial charge in [0.05, 0.1) is 38.4 Å². The summed E-state index contributed by atoms with van der Waals surface area (Å²) in [5.74, 6) is -0.169. The van der Waals surface area contributed by atoms with Crippen molar-refractivity contribution < 1.29 is 45.6 Å². The summed E-state index contributed by atoms with van der Waals surface area (Å²) in [6.07, 6.45) is 21.0. The van der Waals surface area contributed by atoms with Gasteiger partial charge >= 0.3 is 0 Å². The van der Waals surface area contributed by atoms with E-state index in [2.05, 4.69) is 20.9 Å². The maximum absolute atomic E-state index is 13.7. The van der Waals surface area contributed by atoms with Crippen molar-refractivity contribution in [3.8, 4) is 17.2 Å². The molecule has 0 aromatic heterocycles. The number of aromatic hydroxyl groups is 1. The van der Waals surface area contributed by atoms with E-state index in [0.717, 1.165) is 29.7 Å². The van der Waals surface area contributed by atoms with E-state index in [0.29, 0.717) is 23.7 Å². The molecule has 1 aliphatic carbocycles. The maximum Gasteiger partial charge on any atom is 0.201 e. The minimum absolute atomic E-state index is 0. The number of halogens is 1. The molecule has 0 unspecified atom stereocenters. The van der Waals surface area contributed by atoms with E-state index in [-0.39, 0.29) is 51.0 Å². The lowest BCUT2D eigenvalue weighted by molar-refractivity contribution is -0.910. The molecular formula is C39H60BrNO5. The number of methoxy groups -OCH3 is 1. The molecule has 0 radical (unpaired) electrons. The zero-order valence-corrected chi connectivity index (χ0v) is 30.9. The molecule has 0 fully saturated rings. The number of fused-ring (bicyclic) bond motifs is 2. The average Bonchev–Trinajstić information content (AvgIpc) is 3.01. The van der Waals surface area contributed by atoms with Crippen LogP contribution in [0.25, 0.3) is 0 Å². The Hall–Kier alpha value is -2.38. The Bertz CT molecular complexity index is 1220. The number of phenols is 1. The van der Waals surface area contributed by atoms with Gasteiger partial charge < -0.3 is 36.0 Å². The predicted octanol–water partition coefficient (Wildman–Crippen LogP) is 6.60. The van der Waals surface area contributed by atoms with Gasteiger partial charge in [0.2, 0.25) is 5.78 Å². The molecule has 1 aliphatic rings. The third kappa shape index (κ3) is 11.7. The average molecular weight is 703 g/mol. The number of hydrogen-bond donors (Lipinski definition) is 1. The summed E-state index contributed by atoms with van der Waals surface area (Å²) in [5.41, 5.74) is 1.62. The highest BCUT2D eigenvalue weighted by Crippen LogP contribution is 2.39. The summed E-state index contributed by atoms with van der Waals surface area (Å²) >= 11 is 0. The van der Waals surface area contributed by atoms with E-state index in [1.165, 1.54) is 122 Å². The molecule has 0 bridgehead atoms. The summed E-state index contributed by atoms with van der Waals surface area (Å²) in [5, 5.41) is 10.7. The summed E-state index contributed by atoms with van der Waals surface area (Å²) in [6, 6.07) is 6.49.